The lowest BCUT2D eigenvalue weighted by atomic mass is 10.2. The van der Waals surface area contributed by atoms with E-state index in [2.05, 4.69) is 0 Å². The standard InChI is InChI=1S/C12H18N2O3S/c1-9-3-4-11(13)7-12(9)18(15,16)14-5-6-17-8-10(14)2/h3-4,7,10H,5-6,8,13H2,1-2H3. The van der Waals surface area contributed by atoms with Gasteiger partial charge in [-0.3, -0.25) is 0 Å². The van der Waals surface area contributed by atoms with Crippen LogP contribution in [0, 0.1) is 6.92 Å². The van der Waals surface area contributed by atoms with E-state index >= 15 is 0 Å². The maximum absolute atomic E-state index is 12.6. The minimum absolute atomic E-state index is 0.149. The molecule has 2 rings (SSSR count). The Morgan fingerprint density at radius 1 is 1.44 bits per heavy atom. The SMILES string of the molecule is Cc1ccc(N)cc1S(=O)(=O)N1CCOCC1C. The summed E-state index contributed by atoms with van der Waals surface area (Å²) in [6.07, 6.45) is 0. The van der Waals surface area contributed by atoms with E-state index in [1.165, 1.54) is 10.4 Å². The van der Waals surface area contributed by atoms with Crippen molar-refractivity contribution in [3.05, 3.63) is 23.8 Å². The average Bonchev–Trinajstić information content (AvgIpc) is 2.32. The quantitative estimate of drug-likeness (QED) is 0.813. The molecule has 0 spiro atoms. The van der Waals surface area contributed by atoms with Gasteiger partial charge in [0.25, 0.3) is 0 Å². The van der Waals surface area contributed by atoms with Crippen molar-refractivity contribution >= 4 is 15.7 Å². The van der Waals surface area contributed by atoms with E-state index in [4.69, 9.17) is 10.5 Å². The lowest BCUT2D eigenvalue weighted by Crippen LogP contribution is -2.47. The number of nitrogens with zero attached hydrogens (tertiary/aromatic N) is 1. The predicted octanol–water partition coefficient (Wildman–Crippen LogP) is 0.987. The smallest absolute Gasteiger partial charge is 0.243 e. The van der Waals surface area contributed by atoms with Gasteiger partial charge in [-0.15, -0.1) is 0 Å². The van der Waals surface area contributed by atoms with E-state index < -0.39 is 10.0 Å². The van der Waals surface area contributed by atoms with Crippen LogP contribution in [0.2, 0.25) is 0 Å². The van der Waals surface area contributed by atoms with Crippen molar-refractivity contribution in [2.24, 2.45) is 0 Å². The van der Waals surface area contributed by atoms with Gasteiger partial charge in [0.1, 0.15) is 0 Å². The molecule has 1 unspecified atom stereocenters. The van der Waals surface area contributed by atoms with Gasteiger partial charge in [0.15, 0.2) is 0 Å². The van der Waals surface area contributed by atoms with Gasteiger partial charge in [-0.05, 0) is 31.5 Å². The summed E-state index contributed by atoms with van der Waals surface area (Å²) in [5.41, 5.74) is 6.85. The Kier molecular flexibility index (Phi) is 3.61. The van der Waals surface area contributed by atoms with Crippen molar-refractivity contribution in [2.45, 2.75) is 24.8 Å². The first-order chi connectivity index (χ1) is 8.43. The summed E-state index contributed by atoms with van der Waals surface area (Å²) in [5.74, 6) is 0. The zero-order valence-electron chi connectivity index (χ0n) is 10.6. The molecule has 1 aromatic carbocycles. The third-order valence-electron chi connectivity index (χ3n) is 3.11. The van der Waals surface area contributed by atoms with Gasteiger partial charge in [-0.25, -0.2) is 8.42 Å². The van der Waals surface area contributed by atoms with Crippen LogP contribution in [0.15, 0.2) is 23.1 Å². The first-order valence-corrected chi connectivity index (χ1v) is 7.32. The minimum atomic E-state index is -3.49. The maximum atomic E-state index is 12.6. The molecule has 0 bridgehead atoms. The molecular weight excluding hydrogens is 252 g/mol. The summed E-state index contributed by atoms with van der Waals surface area (Å²) in [5, 5.41) is 0. The molecular formula is C12H18N2O3S. The molecule has 1 aromatic rings. The Bertz CT molecular complexity index is 542. The fraction of sp³-hybridized carbons (Fsp3) is 0.500. The van der Waals surface area contributed by atoms with E-state index in [9.17, 15) is 8.42 Å². The van der Waals surface area contributed by atoms with E-state index in [1.807, 2.05) is 6.92 Å². The molecule has 5 nitrogen and oxygen atoms in total. The van der Waals surface area contributed by atoms with Crippen molar-refractivity contribution in [3.63, 3.8) is 0 Å². The van der Waals surface area contributed by atoms with Gasteiger partial charge < -0.3 is 10.5 Å². The number of aryl methyl sites for hydroxylation is 1. The van der Waals surface area contributed by atoms with E-state index in [0.717, 1.165) is 0 Å². The van der Waals surface area contributed by atoms with Crippen molar-refractivity contribution in [1.82, 2.24) is 4.31 Å². The zero-order chi connectivity index (χ0) is 13.3. The molecule has 2 N–H and O–H groups in total. The first-order valence-electron chi connectivity index (χ1n) is 5.88. The number of anilines is 1. The summed E-state index contributed by atoms with van der Waals surface area (Å²) in [4.78, 5) is 0.288. The highest BCUT2D eigenvalue weighted by Crippen LogP contribution is 2.25. The fourth-order valence-electron chi connectivity index (χ4n) is 2.09. The van der Waals surface area contributed by atoms with Gasteiger partial charge in [0.2, 0.25) is 10.0 Å². The van der Waals surface area contributed by atoms with Crippen LogP contribution in [0.3, 0.4) is 0 Å². The molecule has 1 fully saturated rings. The Labute approximate surface area is 108 Å². The maximum Gasteiger partial charge on any atom is 0.243 e. The predicted molar refractivity (Wildman–Crippen MR) is 69.8 cm³/mol. The lowest BCUT2D eigenvalue weighted by molar-refractivity contribution is 0.0392. The first kappa shape index (κ1) is 13.3. The van der Waals surface area contributed by atoms with E-state index in [1.54, 1.807) is 19.1 Å². The summed E-state index contributed by atoms with van der Waals surface area (Å²) in [6, 6.07) is 4.81. The van der Waals surface area contributed by atoms with Crippen LogP contribution in [0.1, 0.15) is 12.5 Å². The molecule has 100 valence electrons. The highest BCUT2D eigenvalue weighted by atomic mass is 32.2. The normalized spacial score (nSPS) is 22.0. The van der Waals surface area contributed by atoms with Gasteiger partial charge in [0, 0.05) is 18.3 Å². The Morgan fingerprint density at radius 2 is 2.17 bits per heavy atom. The second kappa shape index (κ2) is 4.87. The number of rotatable bonds is 2. The van der Waals surface area contributed by atoms with Crippen LogP contribution in [-0.2, 0) is 14.8 Å². The molecule has 0 aromatic heterocycles. The zero-order valence-corrected chi connectivity index (χ0v) is 11.4. The summed E-state index contributed by atoms with van der Waals surface area (Å²) >= 11 is 0. The highest BCUT2D eigenvalue weighted by molar-refractivity contribution is 7.89. The minimum Gasteiger partial charge on any atom is -0.399 e. The van der Waals surface area contributed by atoms with Crippen LogP contribution in [0.4, 0.5) is 5.69 Å². The summed E-state index contributed by atoms with van der Waals surface area (Å²) < 4.78 is 31.9. The van der Waals surface area contributed by atoms with Gasteiger partial charge in [-0.2, -0.15) is 4.31 Å². The molecule has 1 heterocycles. The molecule has 1 aliphatic heterocycles. The third kappa shape index (κ3) is 2.36. The lowest BCUT2D eigenvalue weighted by Gasteiger charge is -2.32. The van der Waals surface area contributed by atoms with Crippen LogP contribution in [0.25, 0.3) is 0 Å². The van der Waals surface area contributed by atoms with Crippen molar-refractivity contribution in [3.8, 4) is 0 Å². The second-order valence-electron chi connectivity index (χ2n) is 4.56. The summed E-state index contributed by atoms with van der Waals surface area (Å²) in [6.45, 7) is 4.87. The third-order valence-corrected chi connectivity index (χ3v) is 5.26. The summed E-state index contributed by atoms with van der Waals surface area (Å²) in [7, 11) is -3.49. The molecule has 0 radical (unpaired) electrons. The number of nitrogens with two attached hydrogens (primary N) is 1. The van der Waals surface area contributed by atoms with Crippen LogP contribution in [0.5, 0.6) is 0 Å². The molecule has 1 atom stereocenters. The van der Waals surface area contributed by atoms with E-state index in [0.29, 0.717) is 31.0 Å². The number of nitrogen functional groups attached to an aromatic ring is 1. The Balaban J connectivity index is 2.44. The second-order valence-corrected chi connectivity index (χ2v) is 6.42. The largest absolute Gasteiger partial charge is 0.399 e. The molecule has 0 aliphatic carbocycles. The molecule has 0 saturated carbocycles. The Morgan fingerprint density at radius 3 is 2.83 bits per heavy atom. The molecule has 1 saturated heterocycles. The number of hydrogen-bond donors (Lipinski definition) is 1. The number of hydrogen-bond acceptors (Lipinski definition) is 4. The monoisotopic (exact) mass is 270 g/mol. The molecule has 6 heteroatoms. The van der Waals surface area contributed by atoms with Crippen molar-refractivity contribution < 1.29 is 13.2 Å². The van der Waals surface area contributed by atoms with Gasteiger partial charge >= 0.3 is 0 Å². The van der Waals surface area contributed by atoms with Crippen molar-refractivity contribution in [2.75, 3.05) is 25.5 Å². The molecule has 0 amide bonds. The number of sulfonamides is 1. The number of benzene rings is 1. The molecule has 18 heavy (non-hydrogen) atoms. The fourth-order valence-corrected chi connectivity index (χ4v) is 3.95. The highest BCUT2D eigenvalue weighted by Gasteiger charge is 2.32. The van der Waals surface area contributed by atoms with E-state index in [-0.39, 0.29) is 10.9 Å². The topological polar surface area (TPSA) is 72.6 Å². The number of ether oxygens (including phenoxy) is 1. The van der Waals surface area contributed by atoms with Crippen LogP contribution in [-0.4, -0.2) is 38.5 Å². The van der Waals surface area contributed by atoms with Gasteiger partial charge in [0.05, 0.1) is 18.1 Å². The average molecular weight is 270 g/mol. The van der Waals surface area contributed by atoms with Crippen molar-refractivity contribution in [1.29, 1.82) is 0 Å². The molecule has 1 aliphatic rings. The van der Waals surface area contributed by atoms with Crippen LogP contribution >= 0.6 is 0 Å². The van der Waals surface area contributed by atoms with Crippen LogP contribution < -0.4 is 5.73 Å². The number of morpholine rings is 1. The Hall–Kier alpha value is -1.11. The van der Waals surface area contributed by atoms with Gasteiger partial charge in [-0.1, -0.05) is 6.07 Å².